The van der Waals surface area contributed by atoms with E-state index in [2.05, 4.69) is 15.6 Å². The lowest BCUT2D eigenvalue weighted by atomic mass is 10.00. The van der Waals surface area contributed by atoms with Crippen molar-refractivity contribution in [1.82, 2.24) is 0 Å². The first-order valence-electron chi connectivity index (χ1n) is 3.75. The third kappa shape index (κ3) is 12.1. The van der Waals surface area contributed by atoms with Crippen LogP contribution in [-0.2, 0) is 18.9 Å². The molecule has 5 nitrogen and oxygen atoms in total. The van der Waals surface area contributed by atoms with Crippen molar-refractivity contribution < 1.29 is 21.5 Å². The highest BCUT2D eigenvalue weighted by atomic mass is 35.5. The molecular weight excluding hydrogens is 255 g/mol. The van der Waals surface area contributed by atoms with Gasteiger partial charge in [0.2, 0.25) is 0 Å². The van der Waals surface area contributed by atoms with Crippen molar-refractivity contribution in [2.75, 3.05) is 0 Å². The van der Waals surface area contributed by atoms with Gasteiger partial charge < -0.3 is 0 Å². The van der Waals surface area contributed by atoms with Gasteiger partial charge in [-0.05, 0) is 12.8 Å². The molecule has 0 aliphatic heterocycles. The molecule has 0 unspecified atom stereocenters. The average Bonchev–Trinajstić information content (AvgIpc) is 2.06. The van der Waals surface area contributed by atoms with Crippen LogP contribution < -0.4 is 0 Å². The van der Waals surface area contributed by atoms with Crippen LogP contribution in [0.4, 0.5) is 0 Å². The van der Waals surface area contributed by atoms with Gasteiger partial charge in [0.05, 0.1) is 11.9 Å². The van der Waals surface area contributed by atoms with Gasteiger partial charge in [-0.15, -0.1) is 16.1 Å². The number of carbonyl (C=O) groups is 1. The molecule has 1 fully saturated rings. The predicted octanol–water partition coefficient (Wildman–Crippen LogP) is 1.90. The van der Waals surface area contributed by atoms with E-state index in [0.717, 1.165) is 25.7 Å². The first kappa shape index (κ1) is 16.5. The number of hydrogen-bond acceptors (Lipinski definition) is 4. The van der Waals surface area contributed by atoms with Gasteiger partial charge in [0.15, 0.2) is 0 Å². The number of Topliss-reactive ketones (excluding diaryl/α,β-unsaturated/α-hetero) is 1. The Labute approximate surface area is 94.3 Å². The molecule has 0 bridgehead atoms. The Hall–Kier alpha value is 0.120. The smallest absolute Gasteiger partial charge is 0.300 e. The fraction of sp³-hybridized carbons (Fsp3) is 0.833. The second-order valence-electron chi connectivity index (χ2n) is 2.59. The van der Waals surface area contributed by atoms with Crippen molar-refractivity contribution in [3.8, 4) is 0 Å². The first-order valence-corrected chi connectivity index (χ1v) is 5.42. The maximum absolute atomic E-state index is 10.5. The van der Waals surface area contributed by atoms with Crippen LogP contribution in [0.25, 0.3) is 0 Å². The van der Waals surface area contributed by atoms with E-state index in [4.69, 9.17) is 4.55 Å². The van der Waals surface area contributed by atoms with Crippen LogP contribution >= 0.6 is 24.3 Å². The van der Waals surface area contributed by atoms with Gasteiger partial charge in [-0.3, -0.25) is 9.35 Å². The maximum Gasteiger partial charge on any atom is 0.413 e. The number of carbonyl (C=O) groups excluding carboxylic acids is 1. The molecule has 0 aromatic rings. The molecule has 0 atom stereocenters. The minimum atomic E-state index is -4.40. The zero-order valence-electron chi connectivity index (χ0n) is 7.31. The summed E-state index contributed by atoms with van der Waals surface area (Å²) >= 11 is 4.14. The van der Waals surface area contributed by atoms with Crippen molar-refractivity contribution in [2.24, 2.45) is 0 Å². The summed E-state index contributed by atoms with van der Waals surface area (Å²) in [6.45, 7) is 0. The predicted molar refractivity (Wildman–Crippen MR) is 53.8 cm³/mol. The fourth-order valence-corrected chi connectivity index (χ4v) is 0.946. The Morgan fingerprint density at radius 3 is 1.71 bits per heavy atom. The monoisotopic (exact) mass is 266 g/mol. The van der Waals surface area contributed by atoms with Gasteiger partial charge in [-0.25, -0.2) is 0 Å². The molecule has 1 rings (SSSR count). The topological polar surface area (TPSA) is 80.7 Å². The summed E-state index contributed by atoms with van der Waals surface area (Å²) in [4.78, 5) is 10.5. The van der Waals surface area contributed by atoms with Crippen LogP contribution in [0.3, 0.4) is 0 Å². The standard InChI is InChI=1S/C6H10O.ClHO4S.ClH/c7-6-4-2-1-3-5-6;1-5-6(2,3)4;/h1-5H2;(H,2,3,4);1H. The molecule has 0 amide bonds. The number of ketones is 1. The lowest BCUT2D eigenvalue weighted by molar-refractivity contribution is -0.120. The summed E-state index contributed by atoms with van der Waals surface area (Å²) in [5.41, 5.74) is 0. The van der Waals surface area contributed by atoms with E-state index < -0.39 is 10.4 Å². The van der Waals surface area contributed by atoms with E-state index in [0.29, 0.717) is 5.78 Å². The summed E-state index contributed by atoms with van der Waals surface area (Å²) < 4.78 is 28.8. The first-order chi connectivity index (χ1) is 5.95. The van der Waals surface area contributed by atoms with Crippen LogP contribution in [0.15, 0.2) is 0 Å². The van der Waals surface area contributed by atoms with Crippen LogP contribution in [0.5, 0.6) is 0 Å². The van der Waals surface area contributed by atoms with Gasteiger partial charge in [-0.2, -0.15) is 8.42 Å². The molecule has 1 N–H and O–H groups in total. The molecular formula is C6H12Cl2O5S. The van der Waals surface area contributed by atoms with Crippen LogP contribution in [0.1, 0.15) is 32.1 Å². The van der Waals surface area contributed by atoms with E-state index in [1.165, 1.54) is 6.42 Å². The van der Waals surface area contributed by atoms with Crippen molar-refractivity contribution in [2.45, 2.75) is 32.1 Å². The van der Waals surface area contributed by atoms with Crippen LogP contribution in [0, 0.1) is 0 Å². The van der Waals surface area contributed by atoms with Crippen LogP contribution in [0.2, 0.25) is 0 Å². The molecule has 1 saturated carbocycles. The van der Waals surface area contributed by atoms with Gasteiger partial charge in [-0.1, -0.05) is 6.42 Å². The normalized spacial score (nSPS) is 16.3. The summed E-state index contributed by atoms with van der Waals surface area (Å²) in [6, 6.07) is 0. The quantitative estimate of drug-likeness (QED) is 0.734. The summed E-state index contributed by atoms with van der Waals surface area (Å²) in [6.07, 6.45) is 5.24. The Kier molecular flexibility index (Phi) is 9.96. The Morgan fingerprint density at radius 2 is 1.57 bits per heavy atom. The van der Waals surface area contributed by atoms with E-state index in [-0.39, 0.29) is 12.4 Å². The van der Waals surface area contributed by atoms with Crippen molar-refractivity contribution >= 4 is 40.5 Å². The van der Waals surface area contributed by atoms with E-state index in [1.54, 1.807) is 0 Å². The Morgan fingerprint density at radius 1 is 1.21 bits per heavy atom. The average molecular weight is 267 g/mol. The van der Waals surface area contributed by atoms with E-state index in [9.17, 15) is 13.2 Å². The van der Waals surface area contributed by atoms with Crippen molar-refractivity contribution in [3.05, 3.63) is 0 Å². The number of halogens is 2. The molecule has 86 valence electrons. The van der Waals surface area contributed by atoms with E-state index >= 15 is 0 Å². The minimum Gasteiger partial charge on any atom is -0.300 e. The molecule has 1 aliphatic carbocycles. The van der Waals surface area contributed by atoms with Gasteiger partial charge in [0.25, 0.3) is 0 Å². The van der Waals surface area contributed by atoms with Gasteiger partial charge in [0.1, 0.15) is 5.78 Å². The Bertz CT molecular complexity index is 243. The largest absolute Gasteiger partial charge is 0.413 e. The minimum absolute atomic E-state index is 0. The SMILES string of the molecule is Cl.O=C1CCCCC1.O=S(=O)(O)OCl. The Balaban J connectivity index is 0. The number of rotatable bonds is 1. The number of hydrogen-bond donors (Lipinski definition) is 1. The molecule has 0 aromatic heterocycles. The molecule has 0 saturated heterocycles. The molecule has 14 heavy (non-hydrogen) atoms. The third-order valence-corrected chi connectivity index (χ3v) is 2.13. The highest BCUT2D eigenvalue weighted by molar-refractivity contribution is 7.81. The third-order valence-electron chi connectivity index (χ3n) is 1.49. The zero-order chi connectivity index (χ0) is 10.3. The summed E-state index contributed by atoms with van der Waals surface area (Å²) in [7, 11) is -4.40. The lowest BCUT2D eigenvalue weighted by Gasteiger charge is -2.05. The highest BCUT2D eigenvalue weighted by Crippen LogP contribution is 2.12. The zero-order valence-corrected chi connectivity index (χ0v) is 9.70. The van der Waals surface area contributed by atoms with Gasteiger partial charge >= 0.3 is 10.4 Å². The second-order valence-corrected chi connectivity index (χ2v) is 3.95. The summed E-state index contributed by atoms with van der Waals surface area (Å²) in [5.74, 6) is 0.464. The molecule has 0 spiro atoms. The summed E-state index contributed by atoms with van der Waals surface area (Å²) in [5, 5.41) is 0. The maximum atomic E-state index is 10.5. The highest BCUT2D eigenvalue weighted by Gasteiger charge is 2.05. The molecule has 0 heterocycles. The van der Waals surface area contributed by atoms with Crippen LogP contribution in [-0.4, -0.2) is 18.8 Å². The molecule has 0 aromatic carbocycles. The van der Waals surface area contributed by atoms with E-state index in [1.807, 2.05) is 0 Å². The van der Waals surface area contributed by atoms with Crippen molar-refractivity contribution in [3.63, 3.8) is 0 Å². The molecule has 1 aliphatic rings. The lowest BCUT2D eigenvalue weighted by Crippen LogP contribution is -2.02. The fourth-order valence-electron chi connectivity index (χ4n) is 0.946. The van der Waals surface area contributed by atoms with Gasteiger partial charge in [0, 0.05) is 12.8 Å². The second kappa shape index (κ2) is 8.43. The van der Waals surface area contributed by atoms with Crippen molar-refractivity contribution in [1.29, 1.82) is 0 Å². The molecule has 8 heteroatoms. The molecule has 0 radical (unpaired) electrons.